The van der Waals surface area contributed by atoms with E-state index in [4.69, 9.17) is 4.74 Å². The first kappa shape index (κ1) is 15.1. The fourth-order valence-corrected chi connectivity index (χ4v) is 2.42. The van der Waals surface area contributed by atoms with Gasteiger partial charge in [0.2, 0.25) is 0 Å². The van der Waals surface area contributed by atoms with Crippen LogP contribution in [0, 0.1) is 0 Å². The zero-order valence-electron chi connectivity index (χ0n) is 11.0. The molecule has 0 saturated heterocycles. The fourth-order valence-electron chi connectivity index (χ4n) is 1.56. The largest absolute Gasteiger partial charge is 0.482 e. The number of hydrogen-bond donors (Lipinski definition) is 3. The summed E-state index contributed by atoms with van der Waals surface area (Å²) in [6.45, 7) is 1.57. The number of hydrogen-bond acceptors (Lipinski definition) is 6. The summed E-state index contributed by atoms with van der Waals surface area (Å²) in [4.78, 5) is 24.0. The van der Waals surface area contributed by atoms with E-state index >= 15 is 0 Å². The summed E-state index contributed by atoms with van der Waals surface area (Å²) < 4.78 is 33.6. The highest BCUT2D eigenvalue weighted by Gasteiger charge is 2.21. The molecule has 0 aromatic heterocycles. The number of rotatable bonds is 4. The van der Waals surface area contributed by atoms with Gasteiger partial charge in [0.25, 0.3) is 15.9 Å². The molecule has 1 aliphatic rings. The molecule has 0 bridgehead atoms. The van der Waals surface area contributed by atoms with Crippen LogP contribution in [0.1, 0.15) is 6.92 Å². The van der Waals surface area contributed by atoms with Crippen molar-refractivity contribution in [1.29, 1.82) is 0 Å². The van der Waals surface area contributed by atoms with Gasteiger partial charge in [-0.2, -0.15) is 0 Å². The SMILES string of the molecule is CCOC(=O)NNS(=O)(=O)c1ccc2c(c1)NC(=O)CO2. The number of sulfonamides is 1. The number of ether oxygens (including phenoxy) is 2. The molecule has 0 radical (unpaired) electrons. The number of benzene rings is 1. The van der Waals surface area contributed by atoms with Crippen LogP contribution in [-0.4, -0.2) is 33.6 Å². The molecule has 1 aromatic rings. The quantitative estimate of drug-likeness (QED) is 0.670. The lowest BCUT2D eigenvalue weighted by Gasteiger charge is -2.18. The van der Waals surface area contributed by atoms with Crippen LogP contribution in [0.3, 0.4) is 0 Å². The highest BCUT2D eigenvalue weighted by molar-refractivity contribution is 7.89. The summed E-state index contributed by atoms with van der Waals surface area (Å²) in [5.74, 6) is -0.0124. The topological polar surface area (TPSA) is 123 Å². The van der Waals surface area contributed by atoms with Gasteiger partial charge in [0, 0.05) is 0 Å². The van der Waals surface area contributed by atoms with Crippen molar-refractivity contribution in [2.45, 2.75) is 11.8 Å². The summed E-state index contributed by atoms with van der Waals surface area (Å²) in [6, 6.07) is 3.92. The fraction of sp³-hybridized carbons (Fsp3) is 0.273. The Morgan fingerprint density at radius 1 is 1.48 bits per heavy atom. The third-order valence-corrected chi connectivity index (χ3v) is 3.70. The second kappa shape index (κ2) is 5.97. The lowest BCUT2D eigenvalue weighted by molar-refractivity contribution is -0.118. The van der Waals surface area contributed by atoms with Crippen LogP contribution in [0.5, 0.6) is 5.75 Å². The summed E-state index contributed by atoms with van der Waals surface area (Å²) in [6.07, 6.45) is -0.921. The number of amides is 2. The van der Waals surface area contributed by atoms with E-state index in [1.54, 1.807) is 6.92 Å². The molecule has 0 spiro atoms. The molecule has 1 aliphatic heterocycles. The minimum atomic E-state index is -3.99. The summed E-state index contributed by atoms with van der Waals surface area (Å²) in [5, 5.41) is 2.49. The monoisotopic (exact) mass is 315 g/mol. The molecular weight excluding hydrogens is 302 g/mol. The van der Waals surface area contributed by atoms with Gasteiger partial charge in [-0.25, -0.2) is 18.6 Å². The Hall–Kier alpha value is -2.33. The van der Waals surface area contributed by atoms with Crippen LogP contribution in [0.15, 0.2) is 23.1 Å². The summed E-state index contributed by atoms with van der Waals surface area (Å²) >= 11 is 0. The van der Waals surface area contributed by atoms with Crippen LogP contribution in [-0.2, 0) is 19.6 Å². The Balaban J connectivity index is 2.15. The van der Waals surface area contributed by atoms with E-state index in [-0.39, 0.29) is 29.7 Å². The van der Waals surface area contributed by atoms with Gasteiger partial charge >= 0.3 is 6.09 Å². The number of nitrogens with one attached hydrogen (secondary N) is 3. The van der Waals surface area contributed by atoms with Crippen LogP contribution < -0.4 is 20.3 Å². The molecule has 10 heteroatoms. The molecule has 0 unspecified atom stereocenters. The van der Waals surface area contributed by atoms with Gasteiger partial charge in [-0.05, 0) is 25.1 Å². The van der Waals surface area contributed by atoms with Crippen molar-refractivity contribution in [1.82, 2.24) is 10.3 Å². The molecular formula is C11H13N3O6S. The molecule has 2 rings (SSSR count). The molecule has 0 atom stereocenters. The van der Waals surface area contributed by atoms with Crippen molar-refractivity contribution in [2.75, 3.05) is 18.5 Å². The van der Waals surface area contributed by atoms with Gasteiger partial charge in [0.1, 0.15) is 5.75 Å². The Labute approximate surface area is 120 Å². The number of carbonyl (C=O) groups is 2. The number of carbonyl (C=O) groups excluding carboxylic acids is 2. The predicted molar refractivity (Wildman–Crippen MR) is 71.0 cm³/mol. The zero-order chi connectivity index (χ0) is 15.5. The van der Waals surface area contributed by atoms with Crippen LogP contribution in [0.25, 0.3) is 0 Å². The summed E-state index contributed by atoms with van der Waals surface area (Å²) in [5.41, 5.74) is 2.13. The first-order chi connectivity index (χ1) is 9.92. The lowest BCUT2D eigenvalue weighted by atomic mass is 10.2. The first-order valence-electron chi connectivity index (χ1n) is 5.93. The van der Waals surface area contributed by atoms with Crippen molar-refractivity contribution in [3.63, 3.8) is 0 Å². The molecule has 2 amide bonds. The molecule has 1 aromatic carbocycles. The molecule has 9 nitrogen and oxygen atoms in total. The highest BCUT2D eigenvalue weighted by atomic mass is 32.2. The Morgan fingerprint density at radius 3 is 2.95 bits per heavy atom. The van der Waals surface area contributed by atoms with Crippen molar-refractivity contribution in [2.24, 2.45) is 0 Å². The maximum Gasteiger partial charge on any atom is 0.422 e. The first-order valence-corrected chi connectivity index (χ1v) is 7.42. The summed E-state index contributed by atoms with van der Waals surface area (Å²) in [7, 11) is -3.99. The van der Waals surface area contributed by atoms with E-state index in [1.165, 1.54) is 18.2 Å². The average molecular weight is 315 g/mol. The number of fused-ring (bicyclic) bond motifs is 1. The minimum absolute atomic E-state index is 0.107. The average Bonchev–Trinajstić information content (AvgIpc) is 2.45. The Morgan fingerprint density at radius 2 is 2.24 bits per heavy atom. The van der Waals surface area contributed by atoms with Gasteiger partial charge in [0.05, 0.1) is 17.2 Å². The van der Waals surface area contributed by atoms with Crippen molar-refractivity contribution in [3.8, 4) is 5.75 Å². The van der Waals surface area contributed by atoms with E-state index < -0.39 is 16.1 Å². The maximum atomic E-state index is 12.0. The highest BCUT2D eigenvalue weighted by Crippen LogP contribution is 2.29. The van der Waals surface area contributed by atoms with Crippen LogP contribution in [0.2, 0.25) is 0 Å². The molecule has 0 fully saturated rings. The Kier molecular flexibility index (Phi) is 4.29. The third-order valence-electron chi connectivity index (χ3n) is 2.46. The molecule has 114 valence electrons. The van der Waals surface area contributed by atoms with Gasteiger partial charge in [0.15, 0.2) is 6.61 Å². The Bertz CT molecular complexity index is 673. The van der Waals surface area contributed by atoms with Gasteiger partial charge < -0.3 is 14.8 Å². The van der Waals surface area contributed by atoms with E-state index in [2.05, 4.69) is 10.1 Å². The number of anilines is 1. The molecule has 3 N–H and O–H groups in total. The van der Waals surface area contributed by atoms with E-state index in [9.17, 15) is 18.0 Å². The smallest absolute Gasteiger partial charge is 0.422 e. The third kappa shape index (κ3) is 3.61. The van der Waals surface area contributed by atoms with Gasteiger partial charge in [-0.15, -0.1) is 4.83 Å². The predicted octanol–water partition coefficient (Wildman–Crippen LogP) is -0.0431. The van der Waals surface area contributed by atoms with E-state index in [0.29, 0.717) is 5.75 Å². The minimum Gasteiger partial charge on any atom is -0.482 e. The van der Waals surface area contributed by atoms with Crippen molar-refractivity contribution >= 4 is 27.7 Å². The van der Waals surface area contributed by atoms with E-state index in [0.717, 1.165) is 0 Å². The number of hydrazine groups is 1. The second-order valence-electron chi connectivity index (χ2n) is 3.95. The van der Waals surface area contributed by atoms with Crippen molar-refractivity contribution in [3.05, 3.63) is 18.2 Å². The second-order valence-corrected chi connectivity index (χ2v) is 5.63. The van der Waals surface area contributed by atoms with Crippen LogP contribution >= 0.6 is 0 Å². The standard InChI is InChI=1S/C11H13N3O6S/c1-2-19-11(16)13-14-21(17,18)7-3-4-9-8(5-7)12-10(15)6-20-9/h3-5,14H,2,6H2,1H3,(H,12,15)(H,13,16). The molecule has 21 heavy (non-hydrogen) atoms. The normalized spacial score (nSPS) is 13.7. The zero-order valence-corrected chi connectivity index (χ0v) is 11.8. The molecule has 0 aliphatic carbocycles. The van der Waals surface area contributed by atoms with Crippen molar-refractivity contribution < 1.29 is 27.5 Å². The maximum absolute atomic E-state index is 12.0. The van der Waals surface area contributed by atoms with Gasteiger partial charge in [-0.3, -0.25) is 4.79 Å². The van der Waals surface area contributed by atoms with E-state index in [1.807, 2.05) is 10.3 Å². The van der Waals surface area contributed by atoms with Crippen LogP contribution in [0.4, 0.5) is 10.5 Å². The lowest BCUT2D eigenvalue weighted by Crippen LogP contribution is -2.41. The molecule has 1 heterocycles. The van der Waals surface area contributed by atoms with Gasteiger partial charge in [-0.1, -0.05) is 0 Å². The molecule has 0 saturated carbocycles.